The molecule has 0 aliphatic carbocycles. The van der Waals surface area contributed by atoms with E-state index in [0.29, 0.717) is 25.3 Å². The van der Waals surface area contributed by atoms with Gasteiger partial charge in [0.25, 0.3) is 5.91 Å². The molecule has 0 spiro atoms. The van der Waals surface area contributed by atoms with E-state index in [1.54, 1.807) is 18.2 Å². The van der Waals surface area contributed by atoms with Crippen LogP contribution in [-0.2, 0) is 29.2 Å². The van der Waals surface area contributed by atoms with E-state index in [2.05, 4.69) is 23.6 Å². The Balaban J connectivity index is 0.000000898. The lowest BCUT2D eigenvalue weighted by Gasteiger charge is -2.16. The summed E-state index contributed by atoms with van der Waals surface area (Å²) in [6, 6.07) is 13.4. The highest BCUT2D eigenvalue weighted by atomic mass is 19.4. The number of alkyl halides is 3. The molecule has 2 aromatic carbocycles. The fraction of sp³-hybridized carbons (Fsp3) is 0.321. The van der Waals surface area contributed by atoms with Crippen LogP contribution in [0, 0.1) is 6.92 Å². The first-order valence-corrected chi connectivity index (χ1v) is 11.7. The van der Waals surface area contributed by atoms with E-state index < -0.39 is 6.36 Å². The molecule has 1 aliphatic heterocycles. The molecule has 1 aliphatic rings. The molecule has 0 unspecified atom stereocenters. The number of aromatic nitrogens is 1. The third-order valence-corrected chi connectivity index (χ3v) is 5.26. The van der Waals surface area contributed by atoms with Gasteiger partial charge in [-0.2, -0.15) is 0 Å². The fourth-order valence-electron chi connectivity index (χ4n) is 3.87. The zero-order valence-corrected chi connectivity index (χ0v) is 21.4. The lowest BCUT2D eigenvalue weighted by molar-refractivity contribution is -0.274. The minimum Gasteiger partial charge on any atom is -0.406 e. The van der Waals surface area contributed by atoms with Gasteiger partial charge in [0.2, 0.25) is 0 Å². The summed E-state index contributed by atoms with van der Waals surface area (Å²) in [4.78, 5) is 27.0. The van der Waals surface area contributed by atoms with E-state index in [9.17, 15) is 18.0 Å². The number of carbonyl (C=O) groups excluding carboxylic acids is 2. The predicted octanol–water partition coefficient (Wildman–Crippen LogP) is 6.49. The molecule has 0 atom stereocenters. The third-order valence-electron chi connectivity index (χ3n) is 5.26. The van der Waals surface area contributed by atoms with Crippen molar-refractivity contribution < 1.29 is 32.2 Å². The van der Waals surface area contributed by atoms with Crippen molar-refractivity contribution in [1.82, 2.24) is 9.88 Å². The minimum atomic E-state index is -4.73. The highest BCUT2D eigenvalue weighted by Gasteiger charge is 2.32. The van der Waals surface area contributed by atoms with Crippen molar-refractivity contribution in [1.29, 1.82) is 0 Å². The topological polar surface area (TPSA) is 68.7 Å². The van der Waals surface area contributed by atoms with Gasteiger partial charge in [-0.05, 0) is 53.4 Å². The Kier molecular flexibility index (Phi) is 10.8. The molecule has 198 valence electrons. The molecule has 1 aromatic heterocycles. The van der Waals surface area contributed by atoms with Crippen LogP contribution in [0.3, 0.4) is 0 Å². The van der Waals surface area contributed by atoms with Crippen LogP contribution in [0.4, 0.5) is 13.2 Å². The summed E-state index contributed by atoms with van der Waals surface area (Å²) in [5.41, 5.74) is 5.94. The Bertz CT molecular complexity index is 1160. The molecule has 0 bridgehead atoms. The van der Waals surface area contributed by atoms with Crippen LogP contribution in [0.25, 0.3) is 11.1 Å². The van der Waals surface area contributed by atoms with Crippen molar-refractivity contribution >= 4 is 12.7 Å². The number of rotatable bonds is 6. The summed E-state index contributed by atoms with van der Waals surface area (Å²) in [7, 11) is 1.62. The number of carbonyl (C=O) groups is 2. The minimum absolute atomic E-state index is 0.0896. The molecule has 3 aromatic rings. The van der Waals surface area contributed by atoms with Gasteiger partial charge in [0, 0.05) is 37.5 Å². The maximum absolute atomic E-state index is 13.0. The molecule has 0 saturated heterocycles. The van der Waals surface area contributed by atoms with Crippen LogP contribution in [-0.4, -0.2) is 36.1 Å². The van der Waals surface area contributed by atoms with Crippen molar-refractivity contribution in [2.75, 3.05) is 7.11 Å². The largest absolute Gasteiger partial charge is 0.573 e. The average Bonchev–Trinajstić information content (AvgIpc) is 3.17. The van der Waals surface area contributed by atoms with Crippen molar-refractivity contribution in [3.8, 4) is 16.9 Å². The summed E-state index contributed by atoms with van der Waals surface area (Å²) in [6.45, 7) is 9.32. The second-order valence-corrected chi connectivity index (χ2v) is 8.36. The van der Waals surface area contributed by atoms with Gasteiger partial charge < -0.3 is 19.2 Å². The summed E-state index contributed by atoms with van der Waals surface area (Å²) in [5, 5.41) is 0. The van der Waals surface area contributed by atoms with Gasteiger partial charge in [-0.3, -0.25) is 9.78 Å². The number of methoxy groups -OCH3 is 1. The average molecular weight is 517 g/mol. The molecule has 0 saturated carbocycles. The summed E-state index contributed by atoms with van der Waals surface area (Å²) < 4.78 is 46.0. The van der Waals surface area contributed by atoms with Crippen LogP contribution >= 0.6 is 0 Å². The molecule has 0 N–H and O–H groups in total. The quantitative estimate of drug-likeness (QED) is 0.375. The number of hydrogen-bond acceptors (Lipinski definition) is 5. The van der Waals surface area contributed by atoms with Gasteiger partial charge in [0.1, 0.15) is 12.5 Å². The molecule has 4 rings (SSSR count). The van der Waals surface area contributed by atoms with Gasteiger partial charge >= 0.3 is 6.36 Å². The van der Waals surface area contributed by atoms with Crippen molar-refractivity contribution in [2.24, 2.45) is 0 Å². The lowest BCUT2D eigenvalue weighted by Crippen LogP contribution is -2.23. The maximum atomic E-state index is 13.0. The molecule has 0 radical (unpaired) electrons. The zero-order chi connectivity index (χ0) is 27.6. The SMILES string of the molecule is C=O.CCC.COCc1ccc(-c2cc(C)c3c(c2)CN(Cc2ccc(OC(F)(F)F)cc2)C3=O)cn1. The maximum Gasteiger partial charge on any atom is 0.573 e. The zero-order valence-electron chi connectivity index (χ0n) is 21.4. The Morgan fingerprint density at radius 2 is 1.68 bits per heavy atom. The number of amides is 1. The highest BCUT2D eigenvalue weighted by Crippen LogP contribution is 2.32. The number of pyridine rings is 1. The predicted molar refractivity (Wildman–Crippen MR) is 135 cm³/mol. The van der Waals surface area contributed by atoms with Crippen LogP contribution < -0.4 is 4.74 Å². The lowest BCUT2D eigenvalue weighted by atomic mass is 9.97. The summed E-state index contributed by atoms with van der Waals surface area (Å²) >= 11 is 0. The number of fused-ring (bicyclic) bond motifs is 1. The van der Waals surface area contributed by atoms with Crippen molar-refractivity contribution in [3.63, 3.8) is 0 Å². The molecular formula is C28H31F3N2O4. The molecule has 9 heteroatoms. The molecule has 2 heterocycles. The van der Waals surface area contributed by atoms with Crippen molar-refractivity contribution in [2.45, 2.75) is 53.3 Å². The Hall–Kier alpha value is -3.72. The van der Waals surface area contributed by atoms with E-state index in [1.165, 1.54) is 30.7 Å². The molecular weight excluding hydrogens is 485 g/mol. The second kappa shape index (κ2) is 13.5. The van der Waals surface area contributed by atoms with Crippen molar-refractivity contribution in [3.05, 3.63) is 82.7 Å². The molecule has 37 heavy (non-hydrogen) atoms. The van der Waals surface area contributed by atoms with Crippen LogP contribution in [0.1, 0.15) is 53.0 Å². The molecule has 6 nitrogen and oxygen atoms in total. The fourth-order valence-corrected chi connectivity index (χ4v) is 3.87. The van der Waals surface area contributed by atoms with Crippen LogP contribution in [0.2, 0.25) is 0 Å². The normalized spacial score (nSPS) is 12.2. The van der Waals surface area contributed by atoms with Crippen LogP contribution in [0.5, 0.6) is 5.75 Å². The Morgan fingerprint density at radius 1 is 1.03 bits per heavy atom. The van der Waals surface area contributed by atoms with E-state index in [0.717, 1.165) is 33.5 Å². The Morgan fingerprint density at radius 3 is 2.22 bits per heavy atom. The number of hydrogen-bond donors (Lipinski definition) is 0. The van der Waals surface area contributed by atoms with E-state index >= 15 is 0 Å². The Labute approximate surface area is 215 Å². The van der Waals surface area contributed by atoms with E-state index in [1.807, 2.05) is 38.0 Å². The number of nitrogens with zero attached hydrogens (tertiary/aromatic N) is 2. The summed E-state index contributed by atoms with van der Waals surface area (Å²) in [6.07, 6.45) is -1.70. The second-order valence-electron chi connectivity index (χ2n) is 8.36. The first-order valence-electron chi connectivity index (χ1n) is 11.7. The van der Waals surface area contributed by atoms with E-state index in [4.69, 9.17) is 9.53 Å². The smallest absolute Gasteiger partial charge is 0.406 e. The van der Waals surface area contributed by atoms with Gasteiger partial charge in [-0.25, -0.2) is 0 Å². The summed E-state index contributed by atoms with van der Waals surface area (Å²) in [5.74, 6) is -0.379. The highest BCUT2D eigenvalue weighted by molar-refractivity contribution is 6.00. The standard InChI is InChI=1S/C24H21F3N2O3.C3H8.CH2O/c1-15-9-18(17-5-6-20(14-31-2)28-11-17)10-19-13-29(23(30)22(15)19)12-16-3-7-21(8-4-16)32-24(25,26)27;1-3-2;1-2/h3-11H,12-14H2,1-2H3;3H2,1-2H3;1H2. The van der Waals surface area contributed by atoms with Gasteiger partial charge in [0.15, 0.2) is 0 Å². The number of ether oxygens (including phenoxy) is 2. The number of aryl methyl sites for hydroxylation is 1. The number of benzene rings is 2. The van der Waals surface area contributed by atoms with Crippen LogP contribution in [0.15, 0.2) is 54.7 Å². The van der Waals surface area contributed by atoms with E-state index in [-0.39, 0.29) is 11.7 Å². The number of halogens is 3. The first kappa shape index (κ1) is 29.5. The van der Waals surface area contributed by atoms with Gasteiger partial charge in [-0.1, -0.05) is 44.5 Å². The van der Waals surface area contributed by atoms with Gasteiger partial charge in [-0.15, -0.1) is 13.2 Å². The van der Waals surface area contributed by atoms with Gasteiger partial charge in [0.05, 0.1) is 12.3 Å². The monoisotopic (exact) mass is 516 g/mol. The third kappa shape index (κ3) is 8.15. The molecule has 0 fully saturated rings. The molecule has 1 amide bonds. The first-order chi connectivity index (χ1) is 17.6.